The van der Waals surface area contributed by atoms with E-state index < -0.39 is 0 Å². The number of rotatable bonds is 6. The predicted molar refractivity (Wildman–Crippen MR) is 112 cm³/mol. The minimum Gasteiger partial charge on any atom is -0.322 e. The van der Waals surface area contributed by atoms with Gasteiger partial charge in [0, 0.05) is 23.0 Å². The number of benzene rings is 2. The molecule has 3 aromatic rings. The van der Waals surface area contributed by atoms with E-state index in [0.717, 1.165) is 29.8 Å². The molecular formula is C24H26N2O. The maximum Gasteiger partial charge on any atom is 0.255 e. The lowest BCUT2D eigenvalue weighted by molar-refractivity contribution is 0.102. The minimum atomic E-state index is -0.105. The third-order valence-electron chi connectivity index (χ3n) is 5.03. The highest BCUT2D eigenvalue weighted by atomic mass is 16.1. The largest absolute Gasteiger partial charge is 0.322 e. The molecule has 0 aliphatic rings. The van der Waals surface area contributed by atoms with Gasteiger partial charge < -0.3 is 5.32 Å². The van der Waals surface area contributed by atoms with Crippen molar-refractivity contribution in [3.05, 3.63) is 83.6 Å². The first-order valence-corrected chi connectivity index (χ1v) is 9.57. The Labute approximate surface area is 161 Å². The smallest absolute Gasteiger partial charge is 0.255 e. The fourth-order valence-corrected chi connectivity index (χ4v) is 2.93. The number of hydrogen-bond acceptors (Lipinski definition) is 2. The number of hydrogen-bond donors (Lipinski definition) is 1. The molecule has 0 saturated carbocycles. The summed E-state index contributed by atoms with van der Waals surface area (Å²) in [6, 6.07) is 19.8. The number of aryl methyl sites for hydroxylation is 1. The molecule has 0 saturated heterocycles. The first-order chi connectivity index (χ1) is 13.1. The molecule has 0 bridgehead atoms. The summed E-state index contributed by atoms with van der Waals surface area (Å²) < 4.78 is 0. The number of anilines is 1. The lowest BCUT2D eigenvalue weighted by Gasteiger charge is -2.11. The first kappa shape index (κ1) is 18.8. The van der Waals surface area contributed by atoms with Crippen LogP contribution in [0, 0.1) is 0 Å². The molecule has 27 heavy (non-hydrogen) atoms. The fourth-order valence-electron chi connectivity index (χ4n) is 2.93. The molecule has 3 heteroatoms. The maximum atomic E-state index is 12.5. The second kappa shape index (κ2) is 8.63. The lowest BCUT2D eigenvalue weighted by atomic mass is 9.98. The molecule has 0 aliphatic heterocycles. The van der Waals surface area contributed by atoms with Crippen molar-refractivity contribution >= 4 is 11.6 Å². The Bertz CT molecular complexity index is 881. The topological polar surface area (TPSA) is 42.0 Å². The molecule has 138 valence electrons. The third-order valence-corrected chi connectivity index (χ3v) is 5.03. The van der Waals surface area contributed by atoms with Gasteiger partial charge in [-0.25, -0.2) is 0 Å². The summed E-state index contributed by atoms with van der Waals surface area (Å²) in [5.74, 6) is 0.425. The fraction of sp³-hybridized carbons (Fsp3) is 0.250. The summed E-state index contributed by atoms with van der Waals surface area (Å²) in [6.45, 7) is 6.50. The predicted octanol–water partition coefficient (Wildman–Crippen LogP) is 6.08. The van der Waals surface area contributed by atoms with Gasteiger partial charge in [-0.3, -0.25) is 9.78 Å². The molecule has 1 amide bonds. The number of carbonyl (C=O) groups is 1. The highest BCUT2D eigenvalue weighted by Gasteiger charge is 2.08. The maximum absolute atomic E-state index is 12.5. The zero-order chi connectivity index (χ0) is 19.2. The van der Waals surface area contributed by atoms with E-state index in [9.17, 15) is 4.79 Å². The van der Waals surface area contributed by atoms with Crippen LogP contribution in [0.15, 0.2) is 66.9 Å². The minimum absolute atomic E-state index is 0.105. The molecule has 1 N–H and O–H groups in total. The molecule has 3 rings (SSSR count). The van der Waals surface area contributed by atoms with Crippen molar-refractivity contribution < 1.29 is 4.79 Å². The Morgan fingerprint density at radius 3 is 2.22 bits per heavy atom. The average Bonchev–Trinajstić information content (AvgIpc) is 2.74. The van der Waals surface area contributed by atoms with E-state index in [2.05, 4.69) is 49.3 Å². The second-order valence-corrected chi connectivity index (χ2v) is 6.87. The number of nitrogens with zero attached hydrogens (tertiary/aromatic N) is 1. The number of nitrogens with one attached hydrogen (secondary N) is 1. The number of carbonyl (C=O) groups excluding carboxylic acids is 1. The van der Waals surface area contributed by atoms with Crippen LogP contribution in [-0.4, -0.2) is 10.9 Å². The van der Waals surface area contributed by atoms with Crippen molar-refractivity contribution in [3.63, 3.8) is 0 Å². The molecule has 1 unspecified atom stereocenters. The molecule has 0 fully saturated rings. The number of amides is 1. The number of pyridine rings is 1. The van der Waals surface area contributed by atoms with Crippen LogP contribution in [0.1, 0.15) is 54.6 Å². The van der Waals surface area contributed by atoms with Crippen LogP contribution in [0.4, 0.5) is 5.69 Å². The second-order valence-electron chi connectivity index (χ2n) is 6.87. The molecule has 1 aromatic heterocycles. The Balaban J connectivity index is 1.68. The first-order valence-electron chi connectivity index (χ1n) is 9.57. The van der Waals surface area contributed by atoms with Crippen molar-refractivity contribution in [3.8, 4) is 11.3 Å². The Hall–Kier alpha value is -2.94. The molecule has 1 atom stereocenters. The van der Waals surface area contributed by atoms with Gasteiger partial charge in [0.25, 0.3) is 5.91 Å². The Kier molecular flexibility index (Phi) is 6.02. The van der Waals surface area contributed by atoms with Gasteiger partial charge in [-0.05, 0) is 60.2 Å². The Morgan fingerprint density at radius 2 is 1.67 bits per heavy atom. The molecule has 1 heterocycles. The van der Waals surface area contributed by atoms with Gasteiger partial charge in [0.05, 0.1) is 5.69 Å². The highest BCUT2D eigenvalue weighted by Crippen LogP contribution is 2.22. The van der Waals surface area contributed by atoms with E-state index in [1.54, 1.807) is 0 Å². The van der Waals surface area contributed by atoms with Gasteiger partial charge in [-0.2, -0.15) is 0 Å². The average molecular weight is 358 g/mol. The van der Waals surface area contributed by atoms with Crippen LogP contribution in [0.3, 0.4) is 0 Å². The summed E-state index contributed by atoms with van der Waals surface area (Å²) >= 11 is 0. The van der Waals surface area contributed by atoms with Crippen LogP contribution in [0.25, 0.3) is 11.3 Å². The SMILES string of the molecule is CCc1ccc(-c2ccc(C(=O)Nc3ccc(C(C)CC)cc3)cc2)nc1. The standard InChI is InChI=1S/C24H26N2O/c1-4-17(3)19-11-13-22(14-12-19)26-24(27)21-9-7-20(8-10-21)23-15-6-18(5-2)16-25-23/h6-17H,4-5H2,1-3H3,(H,26,27). The van der Waals surface area contributed by atoms with Crippen molar-refractivity contribution in [2.45, 2.75) is 39.5 Å². The van der Waals surface area contributed by atoms with E-state index in [-0.39, 0.29) is 5.91 Å². The normalized spacial score (nSPS) is 11.8. The van der Waals surface area contributed by atoms with Gasteiger partial charge in [-0.15, -0.1) is 0 Å². The van der Waals surface area contributed by atoms with Gasteiger partial charge in [0.1, 0.15) is 0 Å². The number of aromatic nitrogens is 1. The molecule has 0 spiro atoms. The van der Waals surface area contributed by atoms with Crippen LogP contribution < -0.4 is 5.32 Å². The quantitative estimate of drug-likeness (QED) is 0.580. The van der Waals surface area contributed by atoms with E-state index in [4.69, 9.17) is 0 Å². The highest BCUT2D eigenvalue weighted by molar-refractivity contribution is 6.04. The molecule has 0 radical (unpaired) electrons. The summed E-state index contributed by atoms with van der Waals surface area (Å²) in [5, 5.41) is 2.96. The van der Waals surface area contributed by atoms with Crippen molar-refractivity contribution in [1.82, 2.24) is 4.98 Å². The molecule has 0 aliphatic carbocycles. The third kappa shape index (κ3) is 4.62. The van der Waals surface area contributed by atoms with E-state index in [1.807, 2.05) is 48.7 Å². The Morgan fingerprint density at radius 1 is 0.963 bits per heavy atom. The molecule has 2 aromatic carbocycles. The van der Waals surface area contributed by atoms with Gasteiger partial charge in [0.15, 0.2) is 0 Å². The zero-order valence-electron chi connectivity index (χ0n) is 16.2. The van der Waals surface area contributed by atoms with E-state index >= 15 is 0 Å². The lowest BCUT2D eigenvalue weighted by Crippen LogP contribution is -2.11. The van der Waals surface area contributed by atoms with Crippen molar-refractivity contribution in [2.75, 3.05) is 5.32 Å². The summed E-state index contributed by atoms with van der Waals surface area (Å²) in [7, 11) is 0. The molecular weight excluding hydrogens is 332 g/mol. The van der Waals surface area contributed by atoms with E-state index in [0.29, 0.717) is 11.5 Å². The monoisotopic (exact) mass is 358 g/mol. The van der Waals surface area contributed by atoms with Gasteiger partial charge >= 0.3 is 0 Å². The van der Waals surface area contributed by atoms with Crippen LogP contribution in [-0.2, 0) is 6.42 Å². The van der Waals surface area contributed by atoms with Crippen LogP contribution in [0.2, 0.25) is 0 Å². The summed E-state index contributed by atoms with van der Waals surface area (Å²) in [4.78, 5) is 17.0. The van der Waals surface area contributed by atoms with Crippen molar-refractivity contribution in [2.24, 2.45) is 0 Å². The van der Waals surface area contributed by atoms with Crippen LogP contribution in [0.5, 0.6) is 0 Å². The summed E-state index contributed by atoms with van der Waals surface area (Å²) in [6.07, 6.45) is 3.98. The van der Waals surface area contributed by atoms with E-state index in [1.165, 1.54) is 11.1 Å². The zero-order valence-corrected chi connectivity index (χ0v) is 16.2. The van der Waals surface area contributed by atoms with Crippen molar-refractivity contribution in [1.29, 1.82) is 0 Å². The molecule has 3 nitrogen and oxygen atoms in total. The summed E-state index contributed by atoms with van der Waals surface area (Å²) in [5.41, 5.74) is 5.88. The van der Waals surface area contributed by atoms with Crippen LogP contribution >= 0.6 is 0 Å². The van der Waals surface area contributed by atoms with Gasteiger partial charge in [-0.1, -0.05) is 51.1 Å². The van der Waals surface area contributed by atoms with Gasteiger partial charge in [0.2, 0.25) is 0 Å².